The Bertz CT molecular complexity index is 738. The number of benzene rings is 2. The van der Waals surface area contributed by atoms with Gasteiger partial charge in [0.25, 0.3) is 0 Å². The fourth-order valence-corrected chi connectivity index (χ4v) is 2.23. The Morgan fingerprint density at radius 3 is 2.48 bits per heavy atom. The molecule has 1 aromatic heterocycles. The van der Waals surface area contributed by atoms with E-state index in [1.165, 1.54) is 5.39 Å². The molecular formula is C18H17NO2. The lowest BCUT2D eigenvalue weighted by Gasteiger charge is -2.09. The van der Waals surface area contributed by atoms with Crippen LogP contribution in [-0.4, -0.2) is 10.1 Å². The van der Waals surface area contributed by atoms with Crippen LogP contribution in [0.25, 0.3) is 10.8 Å². The highest BCUT2D eigenvalue weighted by Crippen LogP contribution is 2.26. The number of rotatable bonds is 4. The van der Waals surface area contributed by atoms with Gasteiger partial charge in [-0.2, -0.15) is 0 Å². The lowest BCUT2D eigenvalue weighted by atomic mass is 10.1. The van der Waals surface area contributed by atoms with Crippen LogP contribution in [0, 0.1) is 0 Å². The molecule has 1 atom stereocenters. The molecule has 0 saturated carbocycles. The van der Waals surface area contributed by atoms with Gasteiger partial charge in [0.2, 0.25) is 0 Å². The molecule has 3 aromatic rings. The molecule has 0 bridgehead atoms. The van der Waals surface area contributed by atoms with Crippen molar-refractivity contribution < 1.29 is 9.84 Å². The van der Waals surface area contributed by atoms with Gasteiger partial charge in [-0.25, -0.2) is 0 Å². The van der Waals surface area contributed by atoms with E-state index in [1.807, 2.05) is 43.3 Å². The van der Waals surface area contributed by atoms with Crippen molar-refractivity contribution in [1.82, 2.24) is 4.98 Å². The monoisotopic (exact) mass is 279 g/mol. The fraction of sp³-hybridized carbons (Fsp3) is 0.167. The second-order valence-corrected chi connectivity index (χ2v) is 4.95. The summed E-state index contributed by atoms with van der Waals surface area (Å²) in [5.41, 5.74) is 0.670. The van der Waals surface area contributed by atoms with Gasteiger partial charge in [0.1, 0.15) is 11.5 Å². The van der Waals surface area contributed by atoms with Crippen molar-refractivity contribution in [2.24, 2.45) is 0 Å². The average molecular weight is 279 g/mol. The van der Waals surface area contributed by atoms with Gasteiger partial charge in [-0.3, -0.25) is 4.98 Å². The maximum Gasteiger partial charge on any atom is 0.145 e. The van der Waals surface area contributed by atoms with E-state index in [2.05, 4.69) is 17.1 Å². The van der Waals surface area contributed by atoms with E-state index in [-0.39, 0.29) is 0 Å². The summed E-state index contributed by atoms with van der Waals surface area (Å²) in [5, 5.41) is 12.0. The number of hydrogen-bond donors (Lipinski definition) is 1. The number of ether oxygens (including phenoxy) is 1. The van der Waals surface area contributed by atoms with Crippen molar-refractivity contribution >= 4 is 10.8 Å². The van der Waals surface area contributed by atoms with Crippen LogP contribution < -0.4 is 4.74 Å². The minimum absolute atomic E-state index is 0.514. The predicted molar refractivity (Wildman–Crippen MR) is 83.5 cm³/mol. The standard InChI is InChI=1S/C18H17NO2/c1-2-18(20)17-10-9-16(12-19-17)21-15-8-7-13-5-3-4-6-14(13)11-15/h3-12,18,20H,2H2,1H3/t18-/m0/s1. The van der Waals surface area contributed by atoms with Crippen molar-refractivity contribution in [3.8, 4) is 11.5 Å². The van der Waals surface area contributed by atoms with Crippen molar-refractivity contribution in [3.63, 3.8) is 0 Å². The van der Waals surface area contributed by atoms with Crippen molar-refractivity contribution in [1.29, 1.82) is 0 Å². The Morgan fingerprint density at radius 2 is 1.76 bits per heavy atom. The molecule has 2 aromatic carbocycles. The zero-order valence-electron chi connectivity index (χ0n) is 11.9. The molecule has 0 unspecified atom stereocenters. The van der Waals surface area contributed by atoms with E-state index in [0.29, 0.717) is 17.9 Å². The van der Waals surface area contributed by atoms with Gasteiger partial charge < -0.3 is 9.84 Å². The molecule has 0 spiro atoms. The highest BCUT2D eigenvalue weighted by atomic mass is 16.5. The van der Waals surface area contributed by atoms with Gasteiger partial charge >= 0.3 is 0 Å². The number of pyridine rings is 1. The minimum Gasteiger partial charge on any atom is -0.456 e. The van der Waals surface area contributed by atoms with E-state index in [1.54, 1.807) is 12.3 Å². The van der Waals surface area contributed by atoms with E-state index in [4.69, 9.17) is 4.74 Å². The third-order valence-corrected chi connectivity index (χ3v) is 3.44. The molecule has 0 aliphatic rings. The van der Waals surface area contributed by atoms with E-state index in [0.717, 1.165) is 11.1 Å². The molecule has 1 heterocycles. The van der Waals surface area contributed by atoms with Gasteiger partial charge in [-0.15, -0.1) is 0 Å². The Labute approximate surface area is 123 Å². The number of aromatic nitrogens is 1. The molecule has 0 aliphatic carbocycles. The highest BCUT2D eigenvalue weighted by molar-refractivity contribution is 5.83. The van der Waals surface area contributed by atoms with Crippen LogP contribution in [0.5, 0.6) is 11.5 Å². The summed E-state index contributed by atoms with van der Waals surface area (Å²) in [5.74, 6) is 1.44. The first-order chi connectivity index (χ1) is 10.3. The topological polar surface area (TPSA) is 42.4 Å². The second-order valence-electron chi connectivity index (χ2n) is 4.95. The molecule has 21 heavy (non-hydrogen) atoms. The van der Waals surface area contributed by atoms with Gasteiger partial charge in [-0.1, -0.05) is 37.3 Å². The molecule has 0 fully saturated rings. The third-order valence-electron chi connectivity index (χ3n) is 3.44. The smallest absolute Gasteiger partial charge is 0.145 e. The zero-order valence-corrected chi connectivity index (χ0v) is 11.9. The number of aliphatic hydroxyl groups excluding tert-OH is 1. The Morgan fingerprint density at radius 1 is 1.00 bits per heavy atom. The first-order valence-corrected chi connectivity index (χ1v) is 7.07. The minimum atomic E-state index is -0.514. The number of fused-ring (bicyclic) bond motifs is 1. The average Bonchev–Trinajstić information content (AvgIpc) is 2.55. The molecule has 0 amide bonds. The SMILES string of the molecule is CC[C@H](O)c1ccc(Oc2ccc3ccccc3c2)cn1. The summed E-state index contributed by atoms with van der Waals surface area (Å²) >= 11 is 0. The largest absolute Gasteiger partial charge is 0.456 e. The van der Waals surface area contributed by atoms with Crippen LogP contribution >= 0.6 is 0 Å². The highest BCUT2D eigenvalue weighted by Gasteiger charge is 2.06. The summed E-state index contributed by atoms with van der Waals surface area (Å²) < 4.78 is 5.81. The summed E-state index contributed by atoms with van der Waals surface area (Å²) in [6.45, 7) is 1.92. The maximum atomic E-state index is 9.72. The molecular weight excluding hydrogens is 262 g/mol. The van der Waals surface area contributed by atoms with Gasteiger partial charge in [0.15, 0.2) is 0 Å². The van der Waals surface area contributed by atoms with Gasteiger partial charge in [0.05, 0.1) is 18.0 Å². The van der Waals surface area contributed by atoms with Crippen LogP contribution in [0.3, 0.4) is 0 Å². The fourth-order valence-electron chi connectivity index (χ4n) is 2.23. The normalized spacial score (nSPS) is 12.3. The summed E-state index contributed by atoms with van der Waals surface area (Å²) in [6, 6.07) is 17.8. The van der Waals surface area contributed by atoms with Gasteiger partial charge in [-0.05, 0) is 41.5 Å². The predicted octanol–water partition coefficient (Wildman–Crippen LogP) is 4.47. The number of hydrogen-bond acceptors (Lipinski definition) is 3. The first kappa shape index (κ1) is 13.6. The van der Waals surface area contributed by atoms with Crippen molar-refractivity contribution in [2.45, 2.75) is 19.4 Å². The van der Waals surface area contributed by atoms with E-state index >= 15 is 0 Å². The Hall–Kier alpha value is -2.39. The number of nitrogens with zero attached hydrogens (tertiary/aromatic N) is 1. The molecule has 3 rings (SSSR count). The van der Waals surface area contributed by atoms with E-state index in [9.17, 15) is 5.11 Å². The molecule has 1 N–H and O–H groups in total. The van der Waals surface area contributed by atoms with Crippen molar-refractivity contribution in [2.75, 3.05) is 0 Å². The Balaban J connectivity index is 1.81. The van der Waals surface area contributed by atoms with Crippen LogP contribution in [0.4, 0.5) is 0 Å². The van der Waals surface area contributed by atoms with Gasteiger partial charge in [0, 0.05) is 0 Å². The summed E-state index contributed by atoms with van der Waals surface area (Å²) in [7, 11) is 0. The molecule has 0 radical (unpaired) electrons. The molecule has 0 saturated heterocycles. The molecule has 106 valence electrons. The third kappa shape index (κ3) is 3.03. The molecule has 0 aliphatic heterocycles. The maximum absolute atomic E-state index is 9.72. The first-order valence-electron chi connectivity index (χ1n) is 7.07. The van der Waals surface area contributed by atoms with Crippen LogP contribution in [-0.2, 0) is 0 Å². The quantitative estimate of drug-likeness (QED) is 0.766. The number of aliphatic hydroxyl groups is 1. The molecule has 3 heteroatoms. The van der Waals surface area contributed by atoms with Crippen LogP contribution in [0.2, 0.25) is 0 Å². The Kier molecular flexibility index (Phi) is 3.84. The molecule has 3 nitrogen and oxygen atoms in total. The summed E-state index contributed by atoms with van der Waals surface area (Å²) in [6.07, 6.45) is 1.78. The van der Waals surface area contributed by atoms with E-state index < -0.39 is 6.10 Å². The van der Waals surface area contributed by atoms with Crippen molar-refractivity contribution in [3.05, 3.63) is 66.5 Å². The second kappa shape index (κ2) is 5.94. The summed E-state index contributed by atoms with van der Waals surface area (Å²) in [4.78, 5) is 4.23. The lowest BCUT2D eigenvalue weighted by Crippen LogP contribution is -1.98. The lowest BCUT2D eigenvalue weighted by molar-refractivity contribution is 0.169. The zero-order chi connectivity index (χ0) is 14.7. The van der Waals surface area contributed by atoms with Crippen LogP contribution in [0.1, 0.15) is 25.1 Å². The van der Waals surface area contributed by atoms with Crippen LogP contribution in [0.15, 0.2) is 60.8 Å².